The van der Waals surface area contributed by atoms with Gasteiger partial charge in [-0.05, 0) is 80.7 Å². The Bertz CT molecular complexity index is 1340. The first-order valence-electron chi connectivity index (χ1n) is 11.7. The smallest absolute Gasteiger partial charge is 0.263 e. The van der Waals surface area contributed by atoms with E-state index in [1.165, 1.54) is 36.6 Å². The van der Waals surface area contributed by atoms with E-state index < -0.39 is 10.0 Å². The van der Waals surface area contributed by atoms with Gasteiger partial charge in [0.25, 0.3) is 15.9 Å². The van der Waals surface area contributed by atoms with Crippen molar-refractivity contribution in [3.63, 3.8) is 0 Å². The summed E-state index contributed by atoms with van der Waals surface area (Å²) in [4.78, 5) is 15.1. The largest absolute Gasteiger partial charge is 0.348 e. The Morgan fingerprint density at radius 3 is 2.46 bits per heavy atom. The van der Waals surface area contributed by atoms with Crippen LogP contribution in [0.3, 0.4) is 0 Å². The second kappa shape index (κ2) is 10.8. The van der Waals surface area contributed by atoms with Gasteiger partial charge in [-0.1, -0.05) is 53.6 Å². The summed E-state index contributed by atoms with van der Waals surface area (Å²) in [6.07, 6.45) is 2.49. The molecule has 3 aromatic rings. The topological polar surface area (TPSA) is 78.5 Å². The predicted octanol–water partition coefficient (Wildman–Crippen LogP) is 5.28. The fraction of sp³-hybridized carbons (Fsp3) is 0.296. The number of carbonyl (C=O) groups is 1. The van der Waals surface area contributed by atoms with E-state index in [2.05, 4.69) is 27.1 Å². The minimum absolute atomic E-state index is 0.0495. The molecule has 0 saturated carbocycles. The molecule has 2 N–H and O–H groups in total. The molecule has 1 aliphatic heterocycles. The number of carbonyl (C=O) groups excluding carboxylic acids is 1. The molecule has 1 amide bonds. The number of rotatable bonds is 8. The average molecular weight is 512 g/mol. The molecular formula is C27H30ClN3O3S. The molecular weight excluding hydrogens is 482 g/mol. The summed E-state index contributed by atoms with van der Waals surface area (Å²) in [5, 5.41) is 2.94. The first-order valence-corrected chi connectivity index (χ1v) is 13.6. The Morgan fingerprint density at radius 2 is 1.71 bits per heavy atom. The highest BCUT2D eigenvalue weighted by molar-refractivity contribution is 7.92. The lowest BCUT2D eigenvalue weighted by atomic mass is 10.1. The van der Waals surface area contributed by atoms with E-state index >= 15 is 0 Å². The average Bonchev–Trinajstić information content (AvgIpc) is 3.33. The molecule has 0 unspecified atom stereocenters. The molecule has 0 atom stereocenters. The molecule has 35 heavy (non-hydrogen) atoms. The van der Waals surface area contributed by atoms with Crippen molar-refractivity contribution in [3.05, 3.63) is 93.5 Å². The maximum Gasteiger partial charge on any atom is 0.263 e. The van der Waals surface area contributed by atoms with E-state index in [1.807, 2.05) is 38.1 Å². The number of benzene rings is 3. The highest BCUT2D eigenvalue weighted by Crippen LogP contribution is 2.27. The number of anilines is 1. The second-order valence-electron chi connectivity index (χ2n) is 9.05. The van der Waals surface area contributed by atoms with Crippen LogP contribution >= 0.6 is 11.6 Å². The molecule has 0 spiro atoms. The van der Waals surface area contributed by atoms with E-state index in [4.69, 9.17) is 11.6 Å². The van der Waals surface area contributed by atoms with Crippen LogP contribution in [-0.4, -0.2) is 32.3 Å². The van der Waals surface area contributed by atoms with Gasteiger partial charge in [0.15, 0.2) is 0 Å². The quantitative estimate of drug-likeness (QED) is 0.431. The van der Waals surface area contributed by atoms with Crippen molar-refractivity contribution in [2.45, 2.75) is 44.7 Å². The third-order valence-corrected chi connectivity index (χ3v) is 8.01. The van der Waals surface area contributed by atoms with Crippen LogP contribution in [0, 0.1) is 13.8 Å². The van der Waals surface area contributed by atoms with Gasteiger partial charge in [-0.25, -0.2) is 8.42 Å². The van der Waals surface area contributed by atoms with Gasteiger partial charge >= 0.3 is 0 Å². The zero-order valence-corrected chi connectivity index (χ0v) is 21.5. The van der Waals surface area contributed by atoms with Crippen molar-refractivity contribution in [2.75, 3.05) is 17.8 Å². The minimum atomic E-state index is -3.99. The fourth-order valence-electron chi connectivity index (χ4n) is 4.30. The van der Waals surface area contributed by atoms with E-state index in [0.717, 1.165) is 36.3 Å². The monoisotopic (exact) mass is 511 g/mol. The Hall–Kier alpha value is -2.87. The molecule has 184 valence electrons. The standard InChI is InChI=1S/C27H30ClN3O3S/c1-19-8-11-25(20(2)14-19)30-35(33,34)26-16-23(9-10-24(26)28)27(32)29-17-21-6-5-7-22(15-21)18-31-12-3-4-13-31/h5-11,14-16,30H,3-4,12-13,17-18H2,1-2H3,(H,29,32). The summed E-state index contributed by atoms with van der Waals surface area (Å²) in [5.41, 5.74) is 4.73. The number of likely N-dealkylation sites (tertiary alicyclic amines) is 1. The number of nitrogens with one attached hydrogen (secondary N) is 2. The van der Waals surface area contributed by atoms with Crippen molar-refractivity contribution >= 4 is 33.2 Å². The lowest BCUT2D eigenvalue weighted by Crippen LogP contribution is -2.24. The van der Waals surface area contributed by atoms with Gasteiger partial charge in [-0.15, -0.1) is 0 Å². The fourth-order valence-corrected chi connectivity index (χ4v) is 5.96. The molecule has 1 saturated heterocycles. The zero-order chi connectivity index (χ0) is 25.0. The van der Waals surface area contributed by atoms with Crippen LogP contribution in [0.2, 0.25) is 5.02 Å². The molecule has 0 aliphatic carbocycles. The summed E-state index contributed by atoms with van der Waals surface area (Å²) in [6, 6.07) is 17.9. The summed E-state index contributed by atoms with van der Waals surface area (Å²) in [7, 11) is -3.99. The van der Waals surface area contributed by atoms with Crippen molar-refractivity contribution in [2.24, 2.45) is 0 Å². The molecule has 1 fully saturated rings. The highest BCUT2D eigenvalue weighted by Gasteiger charge is 2.21. The van der Waals surface area contributed by atoms with Crippen molar-refractivity contribution in [1.29, 1.82) is 0 Å². The molecule has 0 radical (unpaired) electrons. The molecule has 1 heterocycles. The van der Waals surface area contributed by atoms with E-state index in [1.54, 1.807) is 6.07 Å². The number of hydrogen-bond donors (Lipinski definition) is 2. The summed E-state index contributed by atoms with van der Waals surface area (Å²) < 4.78 is 28.7. The van der Waals surface area contributed by atoms with Gasteiger partial charge in [0.1, 0.15) is 4.90 Å². The van der Waals surface area contributed by atoms with Crippen LogP contribution in [0.4, 0.5) is 5.69 Å². The minimum Gasteiger partial charge on any atom is -0.348 e. The Balaban J connectivity index is 1.45. The van der Waals surface area contributed by atoms with E-state index in [-0.39, 0.29) is 21.4 Å². The number of hydrogen-bond acceptors (Lipinski definition) is 4. The summed E-state index contributed by atoms with van der Waals surface area (Å²) in [5.74, 6) is -0.366. The lowest BCUT2D eigenvalue weighted by molar-refractivity contribution is 0.0950. The van der Waals surface area contributed by atoms with Crippen LogP contribution in [0.15, 0.2) is 65.6 Å². The van der Waals surface area contributed by atoms with E-state index in [0.29, 0.717) is 12.2 Å². The molecule has 6 nitrogen and oxygen atoms in total. The Labute approximate surface area is 212 Å². The van der Waals surface area contributed by atoms with Gasteiger partial charge in [0.2, 0.25) is 0 Å². The number of amides is 1. The molecule has 4 rings (SSSR count). The Morgan fingerprint density at radius 1 is 0.971 bits per heavy atom. The van der Waals surface area contributed by atoms with E-state index in [9.17, 15) is 13.2 Å². The van der Waals surface area contributed by atoms with Crippen LogP contribution in [-0.2, 0) is 23.1 Å². The van der Waals surface area contributed by atoms with Gasteiger partial charge in [0, 0.05) is 18.7 Å². The highest BCUT2D eigenvalue weighted by atomic mass is 35.5. The first kappa shape index (κ1) is 25.2. The van der Waals surface area contributed by atoms with Crippen LogP contribution in [0.1, 0.15) is 45.5 Å². The SMILES string of the molecule is Cc1ccc(NS(=O)(=O)c2cc(C(=O)NCc3cccc(CN4CCCC4)c3)ccc2Cl)c(C)c1. The van der Waals surface area contributed by atoms with Crippen LogP contribution in [0.5, 0.6) is 0 Å². The maximum atomic E-state index is 13.1. The first-order chi connectivity index (χ1) is 16.7. The molecule has 0 bridgehead atoms. The van der Waals surface area contributed by atoms with Crippen LogP contribution < -0.4 is 10.0 Å². The number of halogens is 1. The van der Waals surface area contributed by atoms with Gasteiger partial charge in [0.05, 0.1) is 10.7 Å². The number of nitrogens with zero attached hydrogens (tertiary/aromatic N) is 1. The van der Waals surface area contributed by atoms with Gasteiger partial charge in [-0.2, -0.15) is 0 Å². The number of aryl methyl sites for hydroxylation is 2. The molecule has 8 heteroatoms. The van der Waals surface area contributed by atoms with Crippen LogP contribution in [0.25, 0.3) is 0 Å². The van der Waals surface area contributed by atoms with Gasteiger partial charge in [-0.3, -0.25) is 14.4 Å². The zero-order valence-electron chi connectivity index (χ0n) is 20.0. The predicted molar refractivity (Wildman–Crippen MR) is 140 cm³/mol. The maximum absolute atomic E-state index is 13.1. The third kappa shape index (κ3) is 6.42. The molecule has 1 aliphatic rings. The Kier molecular flexibility index (Phi) is 7.79. The normalized spacial score (nSPS) is 14.1. The molecule has 3 aromatic carbocycles. The van der Waals surface area contributed by atoms with Crippen molar-refractivity contribution in [1.82, 2.24) is 10.2 Å². The number of sulfonamides is 1. The summed E-state index contributed by atoms with van der Waals surface area (Å²) in [6.45, 7) is 7.28. The second-order valence-corrected chi connectivity index (χ2v) is 11.1. The van der Waals surface area contributed by atoms with Crippen molar-refractivity contribution < 1.29 is 13.2 Å². The van der Waals surface area contributed by atoms with Gasteiger partial charge < -0.3 is 5.32 Å². The lowest BCUT2D eigenvalue weighted by Gasteiger charge is -2.15. The summed E-state index contributed by atoms with van der Waals surface area (Å²) >= 11 is 6.22. The third-order valence-electron chi connectivity index (χ3n) is 6.16. The van der Waals surface area contributed by atoms with Crippen molar-refractivity contribution in [3.8, 4) is 0 Å². The molecule has 0 aromatic heterocycles.